The Morgan fingerprint density at radius 1 is 1.14 bits per heavy atom. The summed E-state index contributed by atoms with van der Waals surface area (Å²) in [6.45, 7) is 3.76. The maximum absolute atomic E-state index is 11.7. The fourth-order valence-electron chi connectivity index (χ4n) is 1.58. The smallest absolute Gasteiger partial charge is 0.271 e. The summed E-state index contributed by atoms with van der Waals surface area (Å²) >= 11 is 11.9. The fourth-order valence-corrected chi connectivity index (χ4v) is 2.04. The summed E-state index contributed by atoms with van der Waals surface area (Å²) in [5.74, 6) is 0.230. The van der Waals surface area contributed by atoms with E-state index in [4.69, 9.17) is 23.2 Å². The number of aromatic nitrogens is 2. The zero-order chi connectivity index (χ0) is 15.4. The number of nitrogens with zero attached hydrogens (tertiary/aromatic N) is 2. The maximum atomic E-state index is 11.7. The molecular formula is C14H14Cl2N4O. The van der Waals surface area contributed by atoms with Crippen LogP contribution in [-0.2, 0) is 0 Å². The van der Waals surface area contributed by atoms with E-state index >= 15 is 0 Å². The topological polar surface area (TPSA) is 66.9 Å². The summed E-state index contributed by atoms with van der Waals surface area (Å²) in [6, 6.07) is 8.39. The van der Waals surface area contributed by atoms with E-state index in [9.17, 15) is 4.79 Å². The lowest BCUT2D eigenvalue weighted by Gasteiger charge is -2.09. The molecule has 1 heterocycles. The summed E-state index contributed by atoms with van der Waals surface area (Å²) in [7, 11) is 0. The van der Waals surface area contributed by atoms with E-state index in [0.29, 0.717) is 21.6 Å². The monoisotopic (exact) mass is 324 g/mol. The number of amides is 1. The van der Waals surface area contributed by atoms with Crippen LogP contribution in [0.3, 0.4) is 0 Å². The van der Waals surface area contributed by atoms with Gasteiger partial charge in [0.15, 0.2) is 11.5 Å². The van der Waals surface area contributed by atoms with Crippen LogP contribution in [0.25, 0.3) is 0 Å². The molecule has 2 N–H and O–H groups in total. The lowest BCUT2D eigenvalue weighted by atomic mass is 10.3. The van der Waals surface area contributed by atoms with Crippen LogP contribution in [0.5, 0.6) is 0 Å². The average Bonchev–Trinajstić information content (AvgIpc) is 2.42. The quantitative estimate of drug-likeness (QED) is 0.900. The number of carbonyl (C=O) groups is 1. The Balaban J connectivity index is 2.10. The number of anilines is 2. The molecule has 2 aromatic rings. The van der Waals surface area contributed by atoms with Crippen molar-refractivity contribution in [2.24, 2.45) is 0 Å². The van der Waals surface area contributed by atoms with Gasteiger partial charge in [0.05, 0.1) is 10.7 Å². The van der Waals surface area contributed by atoms with Crippen molar-refractivity contribution in [3.63, 3.8) is 0 Å². The SMILES string of the molecule is CC(C)NC(=O)c1ccc(Nc2ccc(Cl)cc2Cl)nn1. The zero-order valence-electron chi connectivity index (χ0n) is 11.5. The van der Waals surface area contributed by atoms with Crippen molar-refractivity contribution in [2.75, 3.05) is 5.32 Å². The minimum absolute atomic E-state index is 0.0463. The molecule has 0 saturated heterocycles. The van der Waals surface area contributed by atoms with Gasteiger partial charge in [0.25, 0.3) is 5.91 Å². The highest BCUT2D eigenvalue weighted by Crippen LogP contribution is 2.27. The molecule has 0 spiro atoms. The molecule has 1 aromatic carbocycles. The van der Waals surface area contributed by atoms with E-state index in [-0.39, 0.29) is 17.6 Å². The minimum atomic E-state index is -0.256. The van der Waals surface area contributed by atoms with Crippen LogP contribution in [-0.4, -0.2) is 22.1 Å². The van der Waals surface area contributed by atoms with E-state index in [0.717, 1.165) is 0 Å². The van der Waals surface area contributed by atoms with Crippen LogP contribution in [0.2, 0.25) is 10.0 Å². The maximum Gasteiger partial charge on any atom is 0.271 e. The average molecular weight is 325 g/mol. The Morgan fingerprint density at radius 3 is 2.48 bits per heavy atom. The van der Waals surface area contributed by atoms with E-state index in [2.05, 4.69) is 20.8 Å². The van der Waals surface area contributed by atoms with Gasteiger partial charge in [-0.1, -0.05) is 23.2 Å². The number of benzene rings is 1. The molecule has 0 aliphatic heterocycles. The first-order valence-corrected chi connectivity index (χ1v) is 7.08. The van der Waals surface area contributed by atoms with Gasteiger partial charge in [-0.3, -0.25) is 4.79 Å². The summed E-state index contributed by atoms with van der Waals surface area (Å²) in [4.78, 5) is 11.7. The molecule has 1 amide bonds. The van der Waals surface area contributed by atoms with Crippen LogP contribution in [0.4, 0.5) is 11.5 Å². The first-order valence-electron chi connectivity index (χ1n) is 6.32. The molecule has 0 fully saturated rings. The van der Waals surface area contributed by atoms with Gasteiger partial charge in [-0.05, 0) is 44.2 Å². The second-order valence-corrected chi connectivity index (χ2v) is 5.52. The van der Waals surface area contributed by atoms with E-state index in [1.807, 2.05) is 13.8 Å². The lowest BCUT2D eigenvalue weighted by Crippen LogP contribution is -2.30. The second-order valence-electron chi connectivity index (χ2n) is 4.68. The Bertz CT molecular complexity index is 644. The van der Waals surface area contributed by atoms with Crippen molar-refractivity contribution in [2.45, 2.75) is 19.9 Å². The minimum Gasteiger partial charge on any atom is -0.348 e. The summed E-state index contributed by atoms with van der Waals surface area (Å²) in [6.07, 6.45) is 0. The van der Waals surface area contributed by atoms with Gasteiger partial charge >= 0.3 is 0 Å². The number of hydrogen-bond acceptors (Lipinski definition) is 4. The van der Waals surface area contributed by atoms with Crippen molar-refractivity contribution < 1.29 is 4.79 Å². The molecule has 0 bridgehead atoms. The Morgan fingerprint density at radius 2 is 1.90 bits per heavy atom. The Kier molecular flexibility index (Phi) is 4.98. The van der Waals surface area contributed by atoms with Gasteiger partial charge in [0.2, 0.25) is 0 Å². The van der Waals surface area contributed by atoms with Gasteiger partial charge in [-0.15, -0.1) is 10.2 Å². The number of carbonyl (C=O) groups excluding carboxylic acids is 1. The molecule has 1 aromatic heterocycles. The van der Waals surface area contributed by atoms with Gasteiger partial charge in [0, 0.05) is 11.1 Å². The van der Waals surface area contributed by atoms with Crippen LogP contribution in [0, 0.1) is 0 Å². The van der Waals surface area contributed by atoms with Crippen molar-refractivity contribution in [1.82, 2.24) is 15.5 Å². The third-order valence-corrected chi connectivity index (χ3v) is 3.06. The Labute approximate surface area is 132 Å². The first kappa shape index (κ1) is 15.5. The summed E-state index contributed by atoms with van der Waals surface area (Å²) in [5, 5.41) is 14.6. The van der Waals surface area contributed by atoms with Crippen molar-refractivity contribution in [1.29, 1.82) is 0 Å². The van der Waals surface area contributed by atoms with E-state index < -0.39 is 0 Å². The van der Waals surface area contributed by atoms with Crippen LogP contribution in [0.15, 0.2) is 30.3 Å². The largest absolute Gasteiger partial charge is 0.348 e. The third-order valence-electron chi connectivity index (χ3n) is 2.51. The molecule has 5 nitrogen and oxygen atoms in total. The van der Waals surface area contributed by atoms with E-state index in [1.165, 1.54) is 0 Å². The van der Waals surface area contributed by atoms with Crippen molar-refractivity contribution in [3.8, 4) is 0 Å². The number of halogens is 2. The van der Waals surface area contributed by atoms with Gasteiger partial charge in [-0.2, -0.15) is 0 Å². The molecule has 0 aliphatic carbocycles. The fraction of sp³-hybridized carbons (Fsp3) is 0.214. The zero-order valence-corrected chi connectivity index (χ0v) is 13.0. The Hall–Kier alpha value is -1.85. The predicted molar refractivity (Wildman–Crippen MR) is 84.4 cm³/mol. The molecule has 110 valence electrons. The van der Waals surface area contributed by atoms with Crippen LogP contribution >= 0.6 is 23.2 Å². The van der Waals surface area contributed by atoms with Crippen LogP contribution < -0.4 is 10.6 Å². The molecule has 21 heavy (non-hydrogen) atoms. The third kappa shape index (κ3) is 4.31. The van der Waals surface area contributed by atoms with E-state index in [1.54, 1.807) is 30.3 Å². The second kappa shape index (κ2) is 6.74. The van der Waals surface area contributed by atoms with Gasteiger partial charge < -0.3 is 10.6 Å². The van der Waals surface area contributed by atoms with Gasteiger partial charge in [0.1, 0.15) is 0 Å². The summed E-state index contributed by atoms with van der Waals surface area (Å²) in [5.41, 5.74) is 0.922. The molecular weight excluding hydrogens is 311 g/mol. The number of nitrogens with one attached hydrogen (secondary N) is 2. The van der Waals surface area contributed by atoms with Crippen molar-refractivity contribution in [3.05, 3.63) is 46.1 Å². The number of hydrogen-bond donors (Lipinski definition) is 2. The highest BCUT2D eigenvalue weighted by Gasteiger charge is 2.09. The molecule has 0 aliphatic rings. The highest BCUT2D eigenvalue weighted by atomic mass is 35.5. The predicted octanol–water partition coefficient (Wildman–Crippen LogP) is 3.67. The molecule has 7 heteroatoms. The standard InChI is InChI=1S/C14H14Cl2N4O/c1-8(2)17-14(21)12-5-6-13(20-19-12)18-11-4-3-9(15)7-10(11)16/h3-8H,1-2H3,(H,17,21)(H,18,20). The summed E-state index contributed by atoms with van der Waals surface area (Å²) < 4.78 is 0. The molecule has 0 saturated carbocycles. The first-order chi connectivity index (χ1) is 9.95. The molecule has 0 unspecified atom stereocenters. The normalized spacial score (nSPS) is 10.5. The molecule has 0 radical (unpaired) electrons. The highest BCUT2D eigenvalue weighted by molar-refractivity contribution is 6.36. The molecule has 2 rings (SSSR count). The number of rotatable bonds is 4. The van der Waals surface area contributed by atoms with Crippen LogP contribution in [0.1, 0.15) is 24.3 Å². The lowest BCUT2D eigenvalue weighted by molar-refractivity contribution is 0.0937. The van der Waals surface area contributed by atoms with Crippen molar-refractivity contribution >= 4 is 40.6 Å². The molecule has 0 atom stereocenters. The van der Waals surface area contributed by atoms with Gasteiger partial charge in [-0.25, -0.2) is 0 Å².